The van der Waals surface area contributed by atoms with Crippen LogP contribution in [-0.2, 0) is 16.1 Å². The number of rotatable bonds is 12. The molecule has 0 aromatic carbocycles. The number of anilines is 1. The maximum absolute atomic E-state index is 11.9. The number of aliphatic imine (C=N–C) groups is 1. The van der Waals surface area contributed by atoms with Crippen LogP contribution in [0.5, 0.6) is 0 Å². The summed E-state index contributed by atoms with van der Waals surface area (Å²) in [6.07, 6.45) is 4.35. The van der Waals surface area contributed by atoms with Crippen molar-refractivity contribution in [1.82, 2.24) is 24.8 Å². The summed E-state index contributed by atoms with van der Waals surface area (Å²) in [6.45, 7) is 1.09. The number of fused-ring (bicyclic) bond motifs is 1. The number of nitrogens with zero attached hydrogens (tertiary/aromatic N) is 6. The van der Waals surface area contributed by atoms with Gasteiger partial charge in [0.05, 0.1) is 12.9 Å². The molecular weight excluding hydrogens is 406 g/mol. The third-order valence-corrected chi connectivity index (χ3v) is 4.37. The summed E-state index contributed by atoms with van der Waals surface area (Å²) in [7, 11) is 3.78. The summed E-state index contributed by atoms with van der Waals surface area (Å²) in [5.74, 6) is -0.462. The van der Waals surface area contributed by atoms with E-state index in [0.717, 1.165) is 23.4 Å². The van der Waals surface area contributed by atoms with Crippen LogP contribution < -0.4 is 21.7 Å². The molecule has 0 saturated carbocycles. The quantitative estimate of drug-likeness (QED) is 0.199. The fraction of sp³-hybridized carbons (Fsp3) is 0.556. The van der Waals surface area contributed by atoms with Crippen molar-refractivity contribution < 1.29 is 19.4 Å². The van der Waals surface area contributed by atoms with E-state index in [0.29, 0.717) is 19.4 Å². The summed E-state index contributed by atoms with van der Waals surface area (Å²) in [6, 6.07) is -1.07. The zero-order chi connectivity index (χ0) is 22.8. The van der Waals surface area contributed by atoms with Crippen molar-refractivity contribution in [3.8, 4) is 0 Å². The molecule has 0 spiro atoms. The number of aromatic nitrogens is 4. The van der Waals surface area contributed by atoms with Gasteiger partial charge in [0, 0.05) is 27.2 Å². The van der Waals surface area contributed by atoms with E-state index in [4.69, 9.17) is 16.2 Å². The number of nitrogens with one attached hydrogen (secondary N) is 1. The van der Waals surface area contributed by atoms with Crippen molar-refractivity contribution >= 4 is 35.0 Å². The smallest absolute Gasteiger partial charge is 0.407 e. The zero-order valence-electron chi connectivity index (χ0n) is 17.7. The minimum atomic E-state index is -1.15. The molecule has 0 fully saturated rings. The summed E-state index contributed by atoms with van der Waals surface area (Å²) in [4.78, 5) is 41.7. The van der Waals surface area contributed by atoms with Crippen LogP contribution in [-0.4, -0.2) is 75.9 Å². The number of guanidine groups is 1. The van der Waals surface area contributed by atoms with Gasteiger partial charge in [-0.2, -0.15) is 0 Å². The molecular formula is C18H29N9O4. The van der Waals surface area contributed by atoms with Gasteiger partial charge in [0.2, 0.25) is 0 Å². The standard InChI is InChI=1S/C18H29N9O4/c1-26(2)14-13-15(23-10-22-14)27(11-24-13)8-3-4-9-31-18(30)25-12(16(28)29)6-5-7-21-17(19)20/h10-12H,3-9H2,1-2H3,(H,25,30)(H,28,29)(H4,19,20,21)/t12-/m0/s1. The van der Waals surface area contributed by atoms with Gasteiger partial charge < -0.3 is 36.1 Å². The Balaban J connectivity index is 1.73. The first-order valence-corrected chi connectivity index (χ1v) is 9.84. The van der Waals surface area contributed by atoms with Crippen LogP contribution in [0.3, 0.4) is 0 Å². The molecule has 2 aromatic rings. The number of unbranched alkanes of at least 4 members (excludes halogenated alkanes) is 1. The van der Waals surface area contributed by atoms with E-state index in [1.165, 1.54) is 6.33 Å². The van der Waals surface area contributed by atoms with Crippen molar-refractivity contribution in [3.05, 3.63) is 12.7 Å². The molecule has 2 rings (SSSR count). The van der Waals surface area contributed by atoms with E-state index >= 15 is 0 Å². The third kappa shape index (κ3) is 7.28. The number of carboxylic acid groups (broad SMARTS) is 1. The fourth-order valence-electron chi connectivity index (χ4n) is 2.85. The number of carboxylic acids is 1. The molecule has 13 nitrogen and oxygen atoms in total. The monoisotopic (exact) mass is 435 g/mol. The zero-order valence-corrected chi connectivity index (χ0v) is 17.7. The van der Waals surface area contributed by atoms with Crippen LogP contribution in [0.15, 0.2) is 17.6 Å². The Labute approximate surface area is 179 Å². The van der Waals surface area contributed by atoms with Crippen molar-refractivity contribution in [2.45, 2.75) is 38.3 Å². The highest BCUT2D eigenvalue weighted by Crippen LogP contribution is 2.19. The van der Waals surface area contributed by atoms with Crippen LogP contribution in [0, 0.1) is 0 Å². The summed E-state index contributed by atoms with van der Waals surface area (Å²) in [5, 5.41) is 11.6. The number of alkyl carbamates (subject to hydrolysis) is 1. The second-order valence-electron chi connectivity index (χ2n) is 7.03. The van der Waals surface area contributed by atoms with E-state index < -0.39 is 18.1 Å². The predicted molar refractivity (Wildman–Crippen MR) is 115 cm³/mol. The molecule has 1 amide bonds. The highest BCUT2D eigenvalue weighted by Gasteiger charge is 2.20. The first-order chi connectivity index (χ1) is 14.8. The van der Waals surface area contributed by atoms with Crippen molar-refractivity contribution in [2.24, 2.45) is 16.5 Å². The molecule has 0 bridgehead atoms. The molecule has 0 unspecified atom stereocenters. The van der Waals surface area contributed by atoms with Gasteiger partial charge in [0.15, 0.2) is 22.9 Å². The Bertz CT molecular complexity index is 909. The minimum Gasteiger partial charge on any atom is -0.480 e. The maximum atomic E-state index is 11.9. The Kier molecular flexibility index (Phi) is 8.78. The normalized spacial score (nSPS) is 11.7. The van der Waals surface area contributed by atoms with Gasteiger partial charge in [-0.05, 0) is 25.7 Å². The predicted octanol–water partition coefficient (Wildman–Crippen LogP) is -0.0945. The van der Waals surface area contributed by atoms with Crippen LogP contribution in [0.1, 0.15) is 25.7 Å². The Morgan fingerprint density at radius 2 is 2.03 bits per heavy atom. The molecule has 0 radical (unpaired) electrons. The molecule has 0 aliphatic rings. The Morgan fingerprint density at radius 1 is 1.26 bits per heavy atom. The van der Waals surface area contributed by atoms with Crippen LogP contribution in [0.25, 0.3) is 11.2 Å². The molecule has 13 heteroatoms. The summed E-state index contributed by atoms with van der Waals surface area (Å²) in [5.41, 5.74) is 11.9. The van der Waals surface area contributed by atoms with Crippen LogP contribution in [0.2, 0.25) is 0 Å². The molecule has 2 heterocycles. The van der Waals surface area contributed by atoms with Gasteiger partial charge in [-0.3, -0.25) is 4.99 Å². The van der Waals surface area contributed by atoms with Crippen LogP contribution >= 0.6 is 0 Å². The van der Waals surface area contributed by atoms with Gasteiger partial charge in [0.1, 0.15) is 12.4 Å². The lowest BCUT2D eigenvalue weighted by molar-refractivity contribution is -0.139. The number of amides is 1. The van der Waals surface area contributed by atoms with E-state index in [2.05, 4.69) is 25.3 Å². The number of carbonyl (C=O) groups excluding carboxylic acids is 1. The van der Waals surface area contributed by atoms with Crippen molar-refractivity contribution in [2.75, 3.05) is 32.1 Å². The molecule has 0 saturated heterocycles. The second-order valence-corrected chi connectivity index (χ2v) is 7.03. The van der Waals surface area contributed by atoms with Gasteiger partial charge >= 0.3 is 12.1 Å². The van der Waals surface area contributed by atoms with E-state index in [-0.39, 0.29) is 25.5 Å². The Morgan fingerprint density at radius 3 is 2.71 bits per heavy atom. The fourth-order valence-corrected chi connectivity index (χ4v) is 2.85. The Hall–Kier alpha value is -3.64. The van der Waals surface area contributed by atoms with Crippen molar-refractivity contribution in [1.29, 1.82) is 0 Å². The summed E-state index contributed by atoms with van der Waals surface area (Å²) < 4.78 is 7.00. The number of hydrogen-bond acceptors (Lipinski definition) is 8. The largest absolute Gasteiger partial charge is 0.480 e. The molecule has 6 N–H and O–H groups in total. The molecule has 31 heavy (non-hydrogen) atoms. The molecule has 2 aromatic heterocycles. The number of carbonyl (C=O) groups is 2. The average Bonchev–Trinajstić information content (AvgIpc) is 3.12. The first-order valence-electron chi connectivity index (χ1n) is 9.84. The van der Waals surface area contributed by atoms with Gasteiger partial charge in [-0.25, -0.2) is 24.5 Å². The SMILES string of the molecule is CN(C)c1ncnc2c1ncn2CCCCOC(=O)N[C@@H](CCCN=C(N)N)C(=O)O. The average molecular weight is 435 g/mol. The number of hydrogen-bond donors (Lipinski definition) is 4. The van der Waals surface area contributed by atoms with E-state index in [9.17, 15) is 14.7 Å². The molecule has 170 valence electrons. The highest BCUT2D eigenvalue weighted by molar-refractivity contribution is 5.83. The minimum absolute atomic E-state index is 0.0616. The number of nitrogens with two attached hydrogens (primary N) is 2. The lowest BCUT2D eigenvalue weighted by atomic mass is 10.1. The molecule has 0 aliphatic carbocycles. The van der Waals surface area contributed by atoms with Crippen molar-refractivity contribution in [3.63, 3.8) is 0 Å². The lowest BCUT2D eigenvalue weighted by Gasteiger charge is -2.14. The number of imidazole rings is 1. The van der Waals surface area contributed by atoms with Crippen LogP contribution in [0.4, 0.5) is 10.6 Å². The third-order valence-electron chi connectivity index (χ3n) is 4.37. The number of aliphatic carboxylic acids is 1. The second kappa shape index (κ2) is 11.5. The highest BCUT2D eigenvalue weighted by atomic mass is 16.5. The maximum Gasteiger partial charge on any atom is 0.407 e. The topological polar surface area (TPSA) is 187 Å². The van der Waals surface area contributed by atoms with Gasteiger partial charge in [0.25, 0.3) is 0 Å². The molecule has 0 aliphatic heterocycles. The number of aryl methyl sites for hydroxylation is 1. The number of ether oxygens (including phenoxy) is 1. The molecule has 1 atom stereocenters. The summed E-state index contributed by atoms with van der Waals surface area (Å²) >= 11 is 0. The van der Waals surface area contributed by atoms with Gasteiger partial charge in [-0.15, -0.1) is 0 Å². The van der Waals surface area contributed by atoms with E-state index in [1.807, 2.05) is 23.6 Å². The lowest BCUT2D eigenvalue weighted by Crippen LogP contribution is -2.41. The van der Waals surface area contributed by atoms with E-state index in [1.54, 1.807) is 6.33 Å². The first kappa shape index (κ1) is 23.6. The van der Waals surface area contributed by atoms with Gasteiger partial charge in [-0.1, -0.05) is 0 Å².